The fourth-order valence-corrected chi connectivity index (χ4v) is 0. The minimum Gasteiger partial charge on any atom is -2.00 e. The summed E-state index contributed by atoms with van der Waals surface area (Å²) in [5, 5.41) is 0. The number of hydrogen-bond donors (Lipinski definition) is 0. The summed E-state index contributed by atoms with van der Waals surface area (Å²) in [6, 6.07) is 0. The van der Waals surface area contributed by atoms with Crippen LogP contribution in [0.1, 0.15) is 0 Å². The van der Waals surface area contributed by atoms with Crippen molar-refractivity contribution in [2.45, 2.75) is 0 Å². The van der Waals surface area contributed by atoms with Crippen LogP contribution in [-0.4, -0.2) is 29.6 Å². The van der Waals surface area contributed by atoms with Gasteiger partial charge >= 0.3 is 50.6 Å². The van der Waals surface area contributed by atoms with Crippen LogP contribution in [0.4, 0.5) is 0 Å². The zero-order valence-electron chi connectivity index (χ0n) is 1.63. The van der Waals surface area contributed by atoms with E-state index in [9.17, 15) is 0 Å². The largest absolute Gasteiger partial charge is 2.00 e. The Hall–Kier alpha value is 1.57. The summed E-state index contributed by atoms with van der Waals surface area (Å²) in [4.78, 5) is 0. The van der Waals surface area contributed by atoms with Gasteiger partial charge in [0.05, 0.1) is 0 Å². The van der Waals surface area contributed by atoms with Crippen molar-refractivity contribution < 1.29 is 37.5 Å². The monoisotopic (exact) mass is 170 g/mol. The Morgan fingerprint density at radius 2 is 0.600 bits per heavy atom. The molecule has 0 saturated carbocycles. The molecule has 0 aliphatic rings. The predicted octanol–water partition coefficient (Wildman–Crippen LogP) is -1.01. The van der Waals surface area contributed by atoms with Crippen LogP contribution in [0.15, 0.2) is 0 Å². The van der Waals surface area contributed by atoms with Gasteiger partial charge in [-0.2, -0.15) is 0 Å². The molecule has 0 radical (unpaired) electrons. The number of rotatable bonds is 0. The Labute approximate surface area is 66.6 Å². The first-order valence-electron chi connectivity index (χ1n) is 0. The Morgan fingerprint density at radius 3 is 0.600 bits per heavy atom. The summed E-state index contributed by atoms with van der Waals surface area (Å²) in [6.07, 6.45) is 0. The van der Waals surface area contributed by atoms with Crippen molar-refractivity contribution in [2.24, 2.45) is 0 Å². The smallest absolute Gasteiger partial charge is 2.00 e. The van der Waals surface area contributed by atoms with E-state index >= 15 is 0 Å². The van der Waals surface area contributed by atoms with Gasteiger partial charge in [-0.25, -0.2) is 0 Å². The Balaban J connectivity index is 0. The van der Waals surface area contributed by atoms with Crippen molar-refractivity contribution in [3.8, 4) is 0 Å². The second-order valence-electron chi connectivity index (χ2n) is 0. The average Bonchev–Trinajstić information content (AvgIpc) is 0. The van der Waals surface area contributed by atoms with Crippen molar-refractivity contribution in [2.75, 3.05) is 0 Å². The van der Waals surface area contributed by atoms with Crippen molar-refractivity contribution >= 4 is 29.6 Å². The van der Waals surface area contributed by atoms with E-state index in [4.69, 9.17) is 0 Å². The molecule has 0 N–H and O–H groups in total. The molecule has 0 atom stereocenters. The predicted molar refractivity (Wildman–Crippen MR) is 9.21 cm³/mol. The second-order valence-corrected chi connectivity index (χ2v) is 0. The molecule has 3 nitrogen and oxygen atoms in total. The molecule has 0 aliphatic heterocycles. The topological polar surface area (TPSA) is 85.5 Å². The summed E-state index contributed by atoms with van der Waals surface area (Å²) in [5.74, 6) is 0. The van der Waals surface area contributed by atoms with E-state index in [0.717, 1.165) is 0 Å². The maximum atomic E-state index is 0. The van der Waals surface area contributed by atoms with Gasteiger partial charge < -0.3 is 16.4 Å². The zero-order chi connectivity index (χ0) is 0. The van der Waals surface area contributed by atoms with E-state index in [1.807, 2.05) is 0 Å². The van der Waals surface area contributed by atoms with E-state index in [1.165, 1.54) is 0 Å². The molecule has 0 unspecified atom stereocenters. The summed E-state index contributed by atoms with van der Waals surface area (Å²) < 4.78 is 0. The van der Waals surface area contributed by atoms with Crippen molar-refractivity contribution in [1.29, 1.82) is 0 Å². The van der Waals surface area contributed by atoms with Gasteiger partial charge in [-0.15, -0.1) is 0 Å². The molecule has 0 saturated heterocycles. The molecule has 0 bridgehead atoms. The molecule has 0 rings (SSSR count). The van der Waals surface area contributed by atoms with Gasteiger partial charge in [-0.05, 0) is 0 Å². The second kappa shape index (κ2) is 47.2. The summed E-state index contributed by atoms with van der Waals surface area (Å²) >= 11 is 0. The summed E-state index contributed by atoms with van der Waals surface area (Å²) in [5.41, 5.74) is 0. The maximum absolute atomic E-state index is 0. The molecule has 0 amide bonds. The first-order chi connectivity index (χ1) is 0. The van der Waals surface area contributed by atoms with E-state index in [-0.39, 0.29) is 67.1 Å². The van der Waals surface area contributed by atoms with E-state index in [0.29, 0.717) is 0 Å². The first kappa shape index (κ1) is 82.8. The summed E-state index contributed by atoms with van der Waals surface area (Å²) in [7, 11) is 0. The van der Waals surface area contributed by atoms with Crippen molar-refractivity contribution in [3.63, 3.8) is 0 Å². The first-order valence-corrected chi connectivity index (χ1v) is 0. The van der Waals surface area contributed by atoms with Crippen LogP contribution >= 0.6 is 0 Å². The molecular weight excluding hydrogens is 167 g/mol. The van der Waals surface area contributed by atoms with Crippen LogP contribution in [0, 0.1) is 0 Å². The van der Waals surface area contributed by atoms with Crippen LogP contribution in [-0.2, 0) is 37.5 Å². The molecule has 5 heteroatoms. The summed E-state index contributed by atoms with van der Waals surface area (Å²) in [6.45, 7) is 0. The van der Waals surface area contributed by atoms with Gasteiger partial charge in [0.2, 0.25) is 0 Å². The molecule has 26 valence electrons. The van der Waals surface area contributed by atoms with E-state index < -0.39 is 0 Å². The van der Waals surface area contributed by atoms with E-state index in [1.54, 1.807) is 0 Å². The van der Waals surface area contributed by atoms with Crippen LogP contribution in [0.25, 0.3) is 0 Å². The Morgan fingerprint density at radius 1 is 0.600 bits per heavy atom. The minimum atomic E-state index is 0. The average molecular weight is 168 g/mol. The van der Waals surface area contributed by atoms with Gasteiger partial charge in [-0.3, -0.25) is 0 Å². The third-order valence-electron chi connectivity index (χ3n) is 0. The molecule has 0 heterocycles. The van der Waals surface area contributed by atoms with Gasteiger partial charge in [0.15, 0.2) is 0 Å². The Bertz CT molecular complexity index is 6.85. The molecule has 0 aromatic rings. The van der Waals surface area contributed by atoms with Gasteiger partial charge in [0, 0.05) is 0 Å². The molecule has 0 aromatic heterocycles. The Kier molecular flexibility index (Phi) is 782. The molecular formula is HMoNaO3. The van der Waals surface area contributed by atoms with Crippen molar-refractivity contribution in [1.82, 2.24) is 0 Å². The van der Waals surface area contributed by atoms with E-state index in [2.05, 4.69) is 0 Å². The van der Waals surface area contributed by atoms with Gasteiger partial charge in [0.1, 0.15) is 0 Å². The molecule has 0 aliphatic carbocycles. The van der Waals surface area contributed by atoms with Crippen LogP contribution in [0.2, 0.25) is 0 Å². The molecule has 0 spiro atoms. The third-order valence-corrected chi connectivity index (χ3v) is 0. The molecule has 0 fully saturated rings. The standard InChI is InChI=1S/Mo.Na.3O.H/q+6;;3*-2;. The van der Waals surface area contributed by atoms with Crippen LogP contribution < -0.4 is 0 Å². The van der Waals surface area contributed by atoms with Gasteiger partial charge in [-0.1, -0.05) is 0 Å². The minimum absolute atomic E-state index is 0. The molecule has 5 heavy (non-hydrogen) atoms. The third kappa shape index (κ3) is 28.8. The normalized spacial score (nSPS) is 0. The van der Waals surface area contributed by atoms with Crippen LogP contribution in [0.3, 0.4) is 0 Å². The zero-order valence-corrected chi connectivity index (χ0v) is 3.64. The quantitative estimate of drug-likeness (QED) is 0.415. The SMILES string of the molecule is [Mo+6].[NaH].[O-2].[O-2].[O-2]. The van der Waals surface area contributed by atoms with Gasteiger partial charge in [0.25, 0.3) is 0 Å². The number of hydrogen-bond acceptors (Lipinski definition) is 0. The van der Waals surface area contributed by atoms with Crippen LogP contribution in [0.5, 0.6) is 0 Å². The maximum Gasteiger partial charge on any atom is -2.00 e. The fraction of sp³-hybridized carbons (Fsp3) is 0. The fourth-order valence-electron chi connectivity index (χ4n) is 0. The van der Waals surface area contributed by atoms with Crippen molar-refractivity contribution in [3.05, 3.63) is 0 Å². The molecule has 0 aromatic carbocycles.